The molecule has 1 aliphatic carbocycles. The molecule has 24 heavy (non-hydrogen) atoms. The number of ether oxygens (including phenoxy) is 3. The molecule has 0 saturated carbocycles. The first-order chi connectivity index (χ1) is 10.9. The fourth-order valence-corrected chi connectivity index (χ4v) is 2.65. The number of nitrogens with one attached hydrogen (secondary N) is 1. The highest BCUT2D eigenvalue weighted by atomic mass is 16.7. The first-order valence-corrected chi connectivity index (χ1v) is 8.54. The van der Waals surface area contributed by atoms with Gasteiger partial charge in [-0.25, -0.2) is 4.79 Å². The summed E-state index contributed by atoms with van der Waals surface area (Å²) in [5.74, 6) is -0.872. The molecule has 6 nitrogen and oxygen atoms in total. The second-order valence-electron chi connectivity index (χ2n) is 8.87. The zero-order valence-electron chi connectivity index (χ0n) is 15.8. The van der Waals surface area contributed by atoms with Gasteiger partial charge in [0.1, 0.15) is 11.7 Å². The lowest BCUT2D eigenvalue weighted by molar-refractivity contribution is -0.233. The molecule has 2 N–H and O–H groups in total. The summed E-state index contributed by atoms with van der Waals surface area (Å²) in [7, 11) is 0. The molecular formula is C18H31NO5. The van der Waals surface area contributed by atoms with Crippen LogP contribution in [0.3, 0.4) is 0 Å². The number of carbonyl (C=O) groups is 1. The number of aliphatic hydroxyl groups is 1. The summed E-state index contributed by atoms with van der Waals surface area (Å²) in [5.41, 5.74) is 0.0506. The zero-order valence-corrected chi connectivity index (χ0v) is 15.8. The molecule has 2 atom stereocenters. The highest BCUT2D eigenvalue weighted by molar-refractivity contribution is 5.68. The maximum absolute atomic E-state index is 12.0. The predicted octanol–water partition coefficient (Wildman–Crippen LogP) is 2.61. The van der Waals surface area contributed by atoms with Crippen molar-refractivity contribution in [1.82, 2.24) is 5.32 Å². The Morgan fingerprint density at radius 3 is 2.29 bits per heavy atom. The van der Waals surface area contributed by atoms with Crippen molar-refractivity contribution in [3.05, 3.63) is 11.6 Å². The molecule has 1 amide bonds. The highest BCUT2D eigenvalue weighted by Crippen LogP contribution is 2.47. The average molecular weight is 341 g/mol. The second kappa shape index (κ2) is 6.32. The molecule has 1 fully saturated rings. The van der Waals surface area contributed by atoms with E-state index >= 15 is 0 Å². The van der Waals surface area contributed by atoms with E-state index in [4.69, 9.17) is 14.2 Å². The van der Waals surface area contributed by atoms with E-state index in [1.54, 1.807) is 26.8 Å². The van der Waals surface area contributed by atoms with Crippen molar-refractivity contribution in [2.45, 2.75) is 72.0 Å². The quantitative estimate of drug-likeness (QED) is 0.769. The Hall–Kier alpha value is -1.11. The minimum absolute atomic E-state index is 0.0195. The number of hydrogen-bond acceptors (Lipinski definition) is 5. The van der Waals surface area contributed by atoms with Crippen LogP contribution in [0.1, 0.15) is 48.5 Å². The molecule has 0 aromatic rings. The molecule has 2 aliphatic rings. The van der Waals surface area contributed by atoms with Crippen LogP contribution < -0.4 is 5.32 Å². The molecular weight excluding hydrogens is 310 g/mol. The van der Waals surface area contributed by atoms with Crippen LogP contribution in [0, 0.1) is 11.3 Å². The van der Waals surface area contributed by atoms with Crippen molar-refractivity contribution < 1.29 is 24.1 Å². The monoisotopic (exact) mass is 341 g/mol. The van der Waals surface area contributed by atoms with Gasteiger partial charge in [0, 0.05) is 11.0 Å². The minimum Gasteiger partial charge on any atom is -0.444 e. The van der Waals surface area contributed by atoms with Gasteiger partial charge < -0.3 is 24.6 Å². The number of rotatable bonds is 4. The fourth-order valence-electron chi connectivity index (χ4n) is 2.65. The van der Waals surface area contributed by atoms with Crippen LogP contribution in [-0.2, 0) is 14.2 Å². The summed E-state index contributed by atoms with van der Waals surface area (Å²) in [4.78, 5) is 12.0. The minimum atomic E-state index is -0.891. The molecule has 0 radical (unpaired) electrons. The van der Waals surface area contributed by atoms with Gasteiger partial charge in [0.25, 0.3) is 0 Å². The van der Waals surface area contributed by atoms with E-state index in [1.807, 2.05) is 13.8 Å². The van der Waals surface area contributed by atoms with Crippen LogP contribution in [0.2, 0.25) is 0 Å². The second-order valence-corrected chi connectivity index (χ2v) is 8.87. The maximum atomic E-state index is 12.0. The van der Waals surface area contributed by atoms with E-state index in [0.717, 1.165) is 0 Å². The SMILES string of the molecule is CC(C)C(NC(=O)OC(C)(C)C)C(O)C1=CC12OCC(C)(C)CO2. The van der Waals surface area contributed by atoms with Crippen LogP contribution in [0.25, 0.3) is 0 Å². The van der Waals surface area contributed by atoms with Crippen LogP contribution in [-0.4, -0.2) is 47.9 Å². The van der Waals surface area contributed by atoms with Crippen LogP contribution >= 0.6 is 0 Å². The van der Waals surface area contributed by atoms with E-state index in [9.17, 15) is 9.90 Å². The third kappa shape index (κ3) is 4.49. The lowest BCUT2D eigenvalue weighted by Gasteiger charge is -2.37. The molecule has 0 bridgehead atoms. The van der Waals surface area contributed by atoms with Crippen molar-refractivity contribution in [1.29, 1.82) is 0 Å². The summed E-state index contributed by atoms with van der Waals surface area (Å²) < 4.78 is 16.9. The largest absolute Gasteiger partial charge is 0.444 e. The maximum Gasteiger partial charge on any atom is 0.407 e. The first kappa shape index (κ1) is 19.2. The Bertz CT molecular complexity index is 508. The lowest BCUT2D eigenvalue weighted by Crippen LogP contribution is -2.50. The van der Waals surface area contributed by atoms with Gasteiger partial charge in [-0.2, -0.15) is 0 Å². The molecule has 1 aliphatic heterocycles. The molecule has 0 aromatic carbocycles. The Morgan fingerprint density at radius 1 is 1.29 bits per heavy atom. The number of alkyl carbamates (subject to hydrolysis) is 1. The van der Waals surface area contributed by atoms with Gasteiger partial charge in [0.2, 0.25) is 5.79 Å². The number of aliphatic hydroxyl groups excluding tert-OH is 1. The zero-order chi connectivity index (χ0) is 18.3. The topological polar surface area (TPSA) is 77.0 Å². The highest BCUT2D eigenvalue weighted by Gasteiger charge is 2.55. The Balaban J connectivity index is 1.97. The van der Waals surface area contributed by atoms with Crippen molar-refractivity contribution in [2.75, 3.05) is 13.2 Å². The molecule has 2 rings (SSSR count). The van der Waals surface area contributed by atoms with E-state index in [2.05, 4.69) is 19.2 Å². The van der Waals surface area contributed by atoms with E-state index < -0.39 is 29.6 Å². The fraction of sp³-hybridized carbons (Fsp3) is 0.833. The lowest BCUT2D eigenvalue weighted by atomic mass is 9.94. The van der Waals surface area contributed by atoms with Crippen molar-refractivity contribution in [3.63, 3.8) is 0 Å². The van der Waals surface area contributed by atoms with Crippen molar-refractivity contribution >= 4 is 6.09 Å². The van der Waals surface area contributed by atoms with Crippen LogP contribution in [0.5, 0.6) is 0 Å². The summed E-state index contributed by atoms with van der Waals surface area (Å²) >= 11 is 0. The average Bonchev–Trinajstić information content (AvgIpc) is 3.12. The molecule has 138 valence electrons. The van der Waals surface area contributed by atoms with Gasteiger partial charge in [0.15, 0.2) is 0 Å². The first-order valence-electron chi connectivity index (χ1n) is 8.54. The van der Waals surface area contributed by atoms with Crippen LogP contribution in [0.4, 0.5) is 4.79 Å². The molecule has 1 spiro atoms. The van der Waals surface area contributed by atoms with Crippen LogP contribution in [0.15, 0.2) is 11.6 Å². The summed E-state index contributed by atoms with van der Waals surface area (Å²) in [6.45, 7) is 14.5. The summed E-state index contributed by atoms with van der Waals surface area (Å²) in [6.07, 6.45) is 0.375. The third-order valence-corrected chi connectivity index (χ3v) is 4.08. The van der Waals surface area contributed by atoms with Gasteiger partial charge in [-0.15, -0.1) is 0 Å². The molecule has 1 heterocycles. The summed E-state index contributed by atoms with van der Waals surface area (Å²) in [5, 5.41) is 13.5. The van der Waals surface area contributed by atoms with E-state index in [-0.39, 0.29) is 11.3 Å². The van der Waals surface area contributed by atoms with Gasteiger partial charge in [-0.3, -0.25) is 0 Å². The standard InChI is InChI=1S/C18H31NO5/c1-11(2)13(19-15(21)24-16(3,4)5)14(20)12-8-18(12)22-9-17(6,7)10-23-18/h8,11,13-14,20H,9-10H2,1-7H3,(H,19,21). The Labute approximate surface area is 144 Å². The molecule has 1 saturated heterocycles. The number of hydrogen-bond donors (Lipinski definition) is 2. The van der Waals surface area contributed by atoms with E-state index in [0.29, 0.717) is 18.8 Å². The predicted molar refractivity (Wildman–Crippen MR) is 90.5 cm³/mol. The van der Waals surface area contributed by atoms with Gasteiger partial charge in [0.05, 0.1) is 19.3 Å². The van der Waals surface area contributed by atoms with Gasteiger partial charge in [-0.1, -0.05) is 27.7 Å². The normalized spacial score (nSPS) is 24.3. The molecule has 6 heteroatoms. The smallest absolute Gasteiger partial charge is 0.407 e. The van der Waals surface area contributed by atoms with Gasteiger partial charge >= 0.3 is 6.09 Å². The van der Waals surface area contributed by atoms with E-state index in [1.165, 1.54) is 0 Å². The number of amides is 1. The Kier molecular flexibility index (Phi) is 5.06. The third-order valence-electron chi connectivity index (χ3n) is 4.08. The number of carbonyl (C=O) groups excluding carboxylic acids is 1. The molecule has 0 aromatic heterocycles. The van der Waals surface area contributed by atoms with Gasteiger partial charge in [-0.05, 0) is 32.8 Å². The van der Waals surface area contributed by atoms with Crippen molar-refractivity contribution in [2.24, 2.45) is 11.3 Å². The van der Waals surface area contributed by atoms with Crippen molar-refractivity contribution in [3.8, 4) is 0 Å². The molecule has 2 unspecified atom stereocenters. The summed E-state index contributed by atoms with van der Waals surface area (Å²) in [6, 6.07) is -0.479. The Morgan fingerprint density at radius 2 is 1.83 bits per heavy atom.